The average Bonchev–Trinajstić information content (AvgIpc) is 3.33. The van der Waals surface area contributed by atoms with Crippen molar-refractivity contribution in [2.24, 2.45) is 0 Å². The third kappa shape index (κ3) is 4.07. The van der Waals surface area contributed by atoms with E-state index in [0.29, 0.717) is 24.2 Å². The number of nitrogens with zero attached hydrogens (tertiary/aromatic N) is 4. The van der Waals surface area contributed by atoms with Gasteiger partial charge < -0.3 is 9.73 Å². The second-order valence-corrected chi connectivity index (χ2v) is 7.72. The number of aryl methyl sites for hydroxylation is 2. The van der Waals surface area contributed by atoms with E-state index in [4.69, 9.17) is 9.40 Å². The first kappa shape index (κ1) is 19.9. The molecule has 158 valence electrons. The lowest BCUT2D eigenvalue weighted by molar-refractivity contribution is 0.579. The minimum atomic E-state index is 0.294. The zero-order valence-corrected chi connectivity index (χ0v) is 18.0. The van der Waals surface area contributed by atoms with E-state index >= 15 is 0 Å². The first-order chi connectivity index (χ1) is 15.7. The molecule has 3 aromatic carbocycles. The molecule has 6 heteroatoms. The van der Waals surface area contributed by atoms with Gasteiger partial charge in [-0.3, -0.25) is 0 Å². The third-order valence-corrected chi connectivity index (χ3v) is 5.38. The largest absolute Gasteiger partial charge is 0.413 e. The predicted molar refractivity (Wildman–Crippen MR) is 126 cm³/mol. The van der Waals surface area contributed by atoms with Gasteiger partial charge in [0, 0.05) is 17.5 Å². The van der Waals surface area contributed by atoms with Crippen LogP contribution in [0.25, 0.3) is 34.1 Å². The van der Waals surface area contributed by atoms with Crippen LogP contribution in [0.4, 0.5) is 5.82 Å². The molecule has 1 N–H and O–H groups in total. The molecule has 0 saturated carbocycles. The minimum absolute atomic E-state index is 0.294. The summed E-state index contributed by atoms with van der Waals surface area (Å²) in [4.78, 5) is 9.39. The average molecular weight is 422 g/mol. The predicted octanol–water partition coefficient (Wildman–Crippen LogP) is 5.83. The summed E-state index contributed by atoms with van der Waals surface area (Å²) < 4.78 is 5.93. The van der Waals surface area contributed by atoms with Crippen LogP contribution in [0, 0.1) is 6.92 Å². The summed E-state index contributed by atoms with van der Waals surface area (Å²) in [5.41, 5.74) is 5.33. The van der Waals surface area contributed by atoms with Gasteiger partial charge in [0.2, 0.25) is 11.7 Å². The minimum Gasteiger partial charge on any atom is -0.413 e. The van der Waals surface area contributed by atoms with Gasteiger partial charge in [-0.2, -0.15) is 0 Å². The molecule has 0 spiro atoms. The van der Waals surface area contributed by atoms with Crippen molar-refractivity contribution < 1.29 is 4.42 Å². The maximum absolute atomic E-state index is 5.93. The van der Waals surface area contributed by atoms with Crippen molar-refractivity contribution in [3.05, 3.63) is 89.5 Å². The van der Waals surface area contributed by atoms with E-state index in [1.807, 2.05) is 55.5 Å². The Hall–Kier alpha value is -4.06. The summed E-state index contributed by atoms with van der Waals surface area (Å²) in [5.74, 6) is 1.88. The van der Waals surface area contributed by atoms with Crippen LogP contribution in [0.1, 0.15) is 23.6 Å². The summed E-state index contributed by atoms with van der Waals surface area (Å²) in [5, 5.41) is 12.8. The zero-order chi connectivity index (χ0) is 21.9. The second-order valence-electron chi connectivity index (χ2n) is 7.72. The van der Waals surface area contributed by atoms with Crippen molar-refractivity contribution in [1.29, 1.82) is 0 Å². The highest BCUT2D eigenvalue weighted by molar-refractivity contribution is 5.90. The number of aromatic nitrogens is 4. The number of hydrogen-bond acceptors (Lipinski definition) is 6. The summed E-state index contributed by atoms with van der Waals surface area (Å²) >= 11 is 0. The number of para-hydroxylation sites is 1. The molecule has 0 saturated heterocycles. The van der Waals surface area contributed by atoms with Crippen LogP contribution in [0.3, 0.4) is 0 Å². The van der Waals surface area contributed by atoms with Crippen LogP contribution in [0.2, 0.25) is 0 Å². The van der Waals surface area contributed by atoms with Crippen molar-refractivity contribution in [2.45, 2.75) is 26.8 Å². The lowest BCUT2D eigenvalue weighted by Gasteiger charge is -2.10. The smallest absolute Gasteiger partial charge is 0.286 e. The third-order valence-electron chi connectivity index (χ3n) is 5.38. The van der Waals surface area contributed by atoms with Crippen LogP contribution in [0.15, 0.2) is 77.2 Å². The van der Waals surface area contributed by atoms with Crippen LogP contribution in [0.5, 0.6) is 0 Å². The topological polar surface area (TPSA) is 76.7 Å². The Bertz CT molecular complexity index is 1370. The van der Waals surface area contributed by atoms with E-state index in [1.165, 1.54) is 11.1 Å². The maximum Gasteiger partial charge on any atom is 0.286 e. The first-order valence-electron chi connectivity index (χ1n) is 10.7. The van der Waals surface area contributed by atoms with Crippen molar-refractivity contribution in [3.8, 4) is 23.2 Å². The normalized spacial score (nSPS) is 11.1. The monoisotopic (exact) mass is 421 g/mol. The van der Waals surface area contributed by atoms with Crippen molar-refractivity contribution >= 4 is 16.7 Å². The van der Waals surface area contributed by atoms with Gasteiger partial charge >= 0.3 is 0 Å². The van der Waals surface area contributed by atoms with Gasteiger partial charge in [0.15, 0.2) is 0 Å². The van der Waals surface area contributed by atoms with Gasteiger partial charge in [-0.05, 0) is 48.7 Å². The first-order valence-corrected chi connectivity index (χ1v) is 10.7. The highest BCUT2D eigenvalue weighted by Crippen LogP contribution is 2.27. The Morgan fingerprint density at radius 1 is 0.812 bits per heavy atom. The highest BCUT2D eigenvalue weighted by atomic mass is 16.4. The fourth-order valence-electron chi connectivity index (χ4n) is 3.59. The standard InChI is InChI=1S/C26H23N5O/c1-3-18-11-13-19(14-12-18)16-27-23-21-9-4-5-10-22(21)28-24(29-23)26-31-30-25(32-26)20-8-6-7-17(2)15-20/h4-15H,3,16H2,1-2H3,(H,27,28,29). The van der Waals surface area contributed by atoms with E-state index < -0.39 is 0 Å². The fraction of sp³-hybridized carbons (Fsp3) is 0.154. The molecule has 0 aliphatic heterocycles. The molecule has 0 fully saturated rings. The van der Waals surface area contributed by atoms with E-state index in [9.17, 15) is 0 Å². The van der Waals surface area contributed by atoms with Gasteiger partial charge in [0.05, 0.1) is 5.52 Å². The Morgan fingerprint density at radius 3 is 2.41 bits per heavy atom. The Kier molecular flexibility index (Phi) is 5.34. The van der Waals surface area contributed by atoms with Crippen LogP contribution in [-0.2, 0) is 13.0 Å². The Morgan fingerprint density at radius 2 is 1.59 bits per heavy atom. The fourth-order valence-corrected chi connectivity index (χ4v) is 3.59. The van der Waals surface area contributed by atoms with Crippen molar-refractivity contribution in [2.75, 3.05) is 5.32 Å². The number of nitrogens with one attached hydrogen (secondary N) is 1. The Labute approximate surface area is 186 Å². The molecule has 0 amide bonds. The molecular weight excluding hydrogens is 398 g/mol. The number of fused-ring (bicyclic) bond motifs is 1. The van der Waals surface area contributed by atoms with Gasteiger partial charge in [0.1, 0.15) is 5.82 Å². The van der Waals surface area contributed by atoms with Gasteiger partial charge in [-0.15, -0.1) is 10.2 Å². The summed E-state index contributed by atoms with van der Waals surface area (Å²) in [6.45, 7) is 4.84. The lowest BCUT2D eigenvalue weighted by atomic mass is 10.1. The van der Waals surface area contributed by atoms with Gasteiger partial charge in [0.25, 0.3) is 5.89 Å². The van der Waals surface area contributed by atoms with Gasteiger partial charge in [-0.25, -0.2) is 9.97 Å². The molecule has 0 radical (unpaired) electrons. The van der Waals surface area contributed by atoms with E-state index in [1.54, 1.807) is 0 Å². The molecule has 6 nitrogen and oxygen atoms in total. The summed E-state index contributed by atoms with van der Waals surface area (Å²) in [7, 11) is 0. The molecule has 0 aliphatic carbocycles. The highest BCUT2D eigenvalue weighted by Gasteiger charge is 2.16. The molecule has 2 aromatic heterocycles. The molecule has 2 heterocycles. The van der Waals surface area contributed by atoms with E-state index in [2.05, 4.69) is 51.7 Å². The van der Waals surface area contributed by atoms with Crippen LogP contribution >= 0.6 is 0 Å². The maximum atomic E-state index is 5.93. The molecule has 0 atom stereocenters. The van der Waals surface area contributed by atoms with Gasteiger partial charge in [-0.1, -0.05) is 61.0 Å². The molecular formula is C26H23N5O. The molecule has 0 aliphatic rings. The SMILES string of the molecule is CCc1ccc(CNc2nc(-c3nnc(-c4cccc(C)c4)o3)nc3ccccc23)cc1. The van der Waals surface area contributed by atoms with Crippen LogP contribution < -0.4 is 5.32 Å². The number of anilines is 1. The van der Waals surface area contributed by atoms with Crippen LogP contribution in [-0.4, -0.2) is 20.2 Å². The lowest BCUT2D eigenvalue weighted by Crippen LogP contribution is -2.04. The number of hydrogen-bond donors (Lipinski definition) is 1. The van der Waals surface area contributed by atoms with E-state index in [-0.39, 0.29) is 0 Å². The molecule has 32 heavy (non-hydrogen) atoms. The summed E-state index contributed by atoms with van der Waals surface area (Å²) in [6.07, 6.45) is 1.03. The zero-order valence-electron chi connectivity index (χ0n) is 18.0. The van der Waals surface area contributed by atoms with Crippen molar-refractivity contribution in [1.82, 2.24) is 20.2 Å². The number of rotatable bonds is 6. The molecule has 0 unspecified atom stereocenters. The number of benzene rings is 3. The molecule has 5 aromatic rings. The van der Waals surface area contributed by atoms with Crippen molar-refractivity contribution in [3.63, 3.8) is 0 Å². The molecule has 5 rings (SSSR count). The van der Waals surface area contributed by atoms with E-state index in [0.717, 1.165) is 34.3 Å². The Balaban J connectivity index is 1.48. The quantitative estimate of drug-likeness (QED) is 0.372. The second kappa shape index (κ2) is 8.59. The summed E-state index contributed by atoms with van der Waals surface area (Å²) in [6, 6.07) is 24.5. The molecule has 0 bridgehead atoms.